The van der Waals surface area contributed by atoms with Crippen LogP contribution in [0.5, 0.6) is 0 Å². The summed E-state index contributed by atoms with van der Waals surface area (Å²) < 4.78 is 6.91. The summed E-state index contributed by atoms with van der Waals surface area (Å²) in [5.74, 6) is 0.743. The Morgan fingerprint density at radius 3 is 2.31 bits per heavy atom. The van der Waals surface area contributed by atoms with E-state index in [1.807, 2.05) is 16.0 Å². The number of halogens is 3. The summed E-state index contributed by atoms with van der Waals surface area (Å²) in [4.78, 5) is 32.7. The second-order valence-corrected chi connectivity index (χ2v) is 6.93. The van der Waals surface area contributed by atoms with Gasteiger partial charge in [0.05, 0.1) is 13.7 Å². The lowest BCUT2D eigenvalue weighted by atomic mass is 10.1. The van der Waals surface area contributed by atoms with E-state index in [9.17, 15) is 9.59 Å². The molecule has 2 aliphatic rings. The largest absolute Gasteiger partial charge is 0.468 e. The highest BCUT2D eigenvalue weighted by Crippen LogP contribution is 2.22. The summed E-state index contributed by atoms with van der Waals surface area (Å²) in [6.07, 6.45) is 4.91. The number of rotatable bonds is 5. The maximum absolute atomic E-state index is 12.9. The zero-order valence-corrected chi connectivity index (χ0v) is 19.4. The third-order valence-corrected chi connectivity index (χ3v) is 5.29. The number of esters is 1. The fraction of sp³-hybridized carbons (Fsp3) is 0.722. The van der Waals surface area contributed by atoms with E-state index in [1.165, 1.54) is 7.11 Å². The third kappa shape index (κ3) is 7.00. The minimum absolute atomic E-state index is 0. The van der Waals surface area contributed by atoms with Crippen LogP contribution in [0.3, 0.4) is 0 Å². The Bertz CT molecular complexity index is 645. The molecular weight excluding hydrogens is 441 g/mol. The van der Waals surface area contributed by atoms with Crippen molar-refractivity contribution in [2.24, 2.45) is 0 Å². The number of carbonyl (C=O) groups excluding carboxylic acids is 2. The van der Waals surface area contributed by atoms with Crippen molar-refractivity contribution in [1.82, 2.24) is 24.7 Å². The fourth-order valence-corrected chi connectivity index (χ4v) is 3.72. The maximum atomic E-state index is 12.9. The zero-order valence-electron chi connectivity index (χ0n) is 17.0. The number of methoxy groups -OCH3 is 1. The van der Waals surface area contributed by atoms with E-state index in [4.69, 9.17) is 4.74 Å². The molecule has 1 aromatic rings. The van der Waals surface area contributed by atoms with Gasteiger partial charge < -0.3 is 19.5 Å². The molecule has 1 amide bonds. The van der Waals surface area contributed by atoms with Gasteiger partial charge in [0, 0.05) is 44.8 Å². The molecule has 0 spiro atoms. The van der Waals surface area contributed by atoms with E-state index in [-0.39, 0.29) is 55.6 Å². The number of imidazole rings is 1. The minimum atomic E-state index is -0.238. The van der Waals surface area contributed by atoms with Crippen LogP contribution in [0.1, 0.15) is 42.1 Å². The number of hydrogen-bond donors (Lipinski definition) is 1. The molecular formula is C18H32Cl3N5O3. The van der Waals surface area contributed by atoms with Crippen molar-refractivity contribution in [2.45, 2.75) is 32.2 Å². The molecule has 3 heterocycles. The second kappa shape index (κ2) is 13.3. The maximum Gasteiger partial charge on any atom is 0.319 e. The average Bonchev–Trinajstić information content (AvgIpc) is 3.13. The normalized spacial score (nSPS) is 17.5. The number of aromatic nitrogens is 2. The first-order valence-corrected chi connectivity index (χ1v) is 9.49. The van der Waals surface area contributed by atoms with Gasteiger partial charge in [-0.05, 0) is 25.9 Å². The molecule has 1 aromatic heterocycles. The number of piperazine rings is 1. The first kappa shape index (κ1) is 27.9. The molecule has 0 radical (unpaired) electrons. The number of ether oxygens (including phenoxy) is 1. The molecule has 3 rings (SSSR count). The predicted molar refractivity (Wildman–Crippen MR) is 119 cm³/mol. The third-order valence-electron chi connectivity index (χ3n) is 5.29. The smallest absolute Gasteiger partial charge is 0.319 e. The van der Waals surface area contributed by atoms with Crippen LogP contribution >= 0.6 is 37.2 Å². The van der Waals surface area contributed by atoms with Crippen LogP contribution in [0.4, 0.5) is 0 Å². The molecule has 0 unspecified atom stereocenters. The molecule has 0 bridgehead atoms. The van der Waals surface area contributed by atoms with Crippen molar-refractivity contribution in [3.63, 3.8) is 0 Å². The number of nitrogens with one attached hydrogen (secondary N) is 1. The number of nitrogens with zero attached hydrogens (tertiary/aromatic N) is 4. The molecule has 29 heavy (non-hydrogen) atoms. The molecule has 8 nitrogen and oxygen atoms in total. The second-order valence-electron chi connectivity index (χ2n) is 6.93. The standard InChI is InChI=1S/C18H29N5O3.3ClH/c1-3-16-20-15(12-23(16)14-4-6-19-7-5-14)18(25)22-10-8-21(9-11-22)13-17(24)26-2;;;/h12,14,19H,3-11,13H2,1-2H3;3*1H. The van der Waals surface area contributed by atoms with E-state index in [1.54, 1.807) is 0 Å². The van der Waals surface area contributed by atoms with Crippen molar-refractivity contribution < 1.29 is 14.3 Å². The lowest BCUT2D eigenvalue weighted by Crippen LogP contribution is -2.50. The fourth-order valence-electron chi connectivity index (χ4n) is 3.72. The minimum Gasteiger partial charge on any atom is -0.468 e. The number of amides is 1. The Morgan fingerprint density at radius 1 is 1.14 bits per heavy atom. The summed E-state index contributed by atoms with van der Waals surface area (Å²) in [6.45, 7) is 6.96. The highest BCUT2D eigenvalue weighted by Gasteiger charge is 2.27. The van der Waals surface area contributed by atoms with Crippen molar-refractivity contribution in [3.8, 4) is 0 Å². The molecule has 168 valence electrons. The summed E-state index contributed by atoms with van der Waals surface area (Å²) in [5, 5.41) is 3.38. The summed E-state index contributed by atoms with van der Waals surface area (Å²) in [7, 11) is 1.39. The van der Waals surface area contributed by atoms with Crippen molar-refractivity contribution in [3.05, 3.63) is 17.7 Å². The molecule has 11 heteroatoms. The van der Waals surface area contributed by atoms with Gasteiger partial charge in [0.25, 0.3) is 5.91 Å². The molecule has 2 saturated heterocycles. The zero-order chi connectivity index (χ0) is 18.5. The van der Waals surface area contributed by atoms with E-state index < -0.39 is 0 Å². The first-order valence-electron chi connectivity index (χ1n) is 9.49. The van der Waals surface area contributed by atoms with Crippen LogP contribution in [0, 0.1) is 0 Å². The van der Waals surface area contributed by atoms with Gasteiger partial charge in [0.15, 0.2) is 0 Å². The summed E-state index contributed by atoms with van der Waals surface area (Å²) in [5.41, 5.74) is 0.543. The van der Waals surface area contributed by atoms with Crippen LogP contribution in [0.15, 0.2) is 6.20 Å². The topological polar surface area (TPSA) is 79.7 Å². The summed E-state index contributed by atoms with van der Waals surface area (Å²) in [6, 6.07) is 0.428. The Labute approximate surface area is 190 Å². The highest BCUT2D eigenvalue weighted by molar-refractivity contribution is 5.92. The Hall–Kier alpha value is -1.06. The number of hydrogen-bond acceptors (Lipinski definition) is 6. The SMILES string of the molecule is CCc1nc(C(=O)N2CCN(CC(=O)OC)CC2)cn1C1CCNCC1.Cl.Cl.Cl. The monoisotopic (exact) mass is 471 g/mol. The van der Waals surface area contributed by atoms with Crippen molar-refractivity contribution in [1.29, 1.82) is 0 Å². The number of piperidine rings is 1. The van der Waals surface area contributed by atoms with Gasteiger partial charge in [-0.1, -0.05) is 6.92 Å². The van der Waals surface area contributed by atoms with E-state index in [2.05, 4.69) is 21.8 Å². The van der Waals surface area contributed by atoms with Crippen LogP contribution in [-0.2, 0) is 16.0 Å². The van der Waals surface area contributed by atoms with Gasteiger partial charge in [0.2, 0.25) is 0 Å². The number of aryl methyl sites for hydroxylation is 1. The quantitative estimate of drug-likeness (QED) is 0.655. The molecule has 0 atom stereocenters. The molecule has 1 N–H and O–H groups in total. The lowest BCUT2D eigenvalue weighted by molar-refractivity contribution is -0.142. The van der Waals surface area contributed by atoms with Gasteiger partial charge in [-0.2, -0.15) is 0 Å². The number of carbonyl (C=O) groups is 2. The Morgan fingerprint density at radius 2 is 1.76 bits per heavy atom. The molecule has 0 aliphatic carbocycles. The van der Waals surface area contributed by atoms with Gasteiger partial charge >= 0.3 is 5.97 Å². The molecule has 2 fully saturated rings. The van der Waals surface area contributed by atoms with Crippen LogP contribution < -0.4 is 5.32 Å². The van der Waals surface area contributed by atoms with Gasteiger partial charge in [-0.25, -0.2) is 4.98 Å². The first-order chi connectivity index (χ1) is 12.6. The highest BCUT2D eigenvalue weighted by atomic mass is 35.5. The van der Waals surface area contributed by atoms with E-state index in [0.717, 1.165) is 38.2 Å². The van der Waals surface area contributed by atoms with E-state index >= 15 is 0 Å². The molecule has 0 saturated carbocycles. The molecule has 0 aromatic carbocycles. The lowest BCUT2D eigenvalue weighted by Gasteiger charge is -2.33. The van der Waals surface area contributed by atoms with Crippen LogP contribution in [-0.4, -0.2) is 84.2 Å². The van der Waals surface area contributed by atoms with Gasteiger partial charge in [-0.15, -0.1) is 37.2 Å². The Balaban J connectivity index is 0.00000261. The van der Waals surface area contributed by atoms with Crippen molar-refractivity contribution >= 4 is 49.1 Å². The van der Waals surface area contributed by atoms with Gasteiger partial charge in [0.1, 0.15) is 11.5 Å². The van der Waals surface area contributed by atoms with Crippen molar-refractivity contribution in [2.75, 3.05) is 52.9 Å². The summed E-state index contributed by atoms with van der Waals surface area (Å²) >= 11 is 0. The predicted octanol–water partition coefficient (Wildman–Crippen LogP) is 1.57. The van der Waals surface area contributed by atoms with Crippen LogP contribution in [0.25, 0.3) is 0 Å². The van der Waals surface area contributed by atoms with E-state index in [0.29, 0.717) is 37.9 Å². The Kier molecular flexibility index (Phi) is 12.8. The van der Waals surface area contributed by atoms with Crippen LogP contribution in [0.2, 0.25) is 0 Å². The molecule has 2 aliphatic heterocycles. The average molecular weight is 473 g/mol. The van der Waals surface area contributed by atoms with Gasteiger partial charge in [-0.3, -0.25) is 14.5 Å².